The normalized spacial score (nSPS) is 10.6. The summed E-state index contributed by atoms with van der Waals surface area (Å²) >= 11 is 0. The number of benzene rings is 1. The van der Waals surface area contributed by atoms with E-state index < -0.39 is 0 Å². The van der Waals surface area contributed by atoms with Crippen LogP contribution in [0.25, 0.3) is 0 Å². The smallest absolute Gasteiger partial charge is 0.292 e. The van der Waals surface area contributed by atoms with E-state index >= 15 is 0 Å². The van der Waals surface area contributed by atoms with E-state index in [1.807, 2.05) is 32.0 Å². The number of hydrogen-bond acceptors (Lipinski definition) is 4. The highest BCUT2D eigenvalue weighted by Crippen LogP contribution is 2.29. The van der Waals surface area contributed by atoms with Crippen molar-refractivity contribution in [1.29, 1.82) is 0 Å². The third-order valence-electron chi connectivity index (χ3n) is 3.12. The Morgan fingerprint density at radius 1 is 1.25 bits per heavy atom. The third-order valence-corrected chi connectivity index (χ3v) is 3.12. The Morgan fingerprint density at radius 3 is 2.55 bits per heavy atom. The molecule has 0 fully saturated rings. The molecule has 0 aliphatic carbocycles. The Hall–Kier alpha value is -2.43. The first kappa shape index (κ1) is 14.0. The van der Waals surface area contributed by atoms with Crippen LogP contribution in [0.3, 0.4) is 0 Å². The number of anilines is 1. The van der Waals surface area contributed by atoms with Crippen molar-refractivity contribution < 1.29 is 4.92 Å². The van der Waals surface area contributed by atoms with Gasteiger partial charge in [0.25, 0.3) is 5.69 Å². The van der Waals surface area contributed by atoms with Crippen LogP contribution in [-0.4, -0.2) is 9.91 Å². The van der Waals surface area contributed by atoms with Gasteiger partial charge in [-0.1, -0.05) is 19.9 Å². The molecule has 0 unspecified atom stereocenters. The van der Waals surface area contributed by atoms with Crippen LogP contribution in [0.5, 0.6) is 0 Å². The van der Waals surface area contributed by atoms with Gasteiger partial charge in [-0.15, -0.1) is 0 Å². The molecule has 0 saturated carbocycles. The Kier molecular flexibility index (Phi) is 4.30. The molecule has 0 atom stereocenters. The first-order valence-corrected chi connectivity index (χ1v) is 6.49. The minimum Gasteiger partial charge on any atom is -0.375 e. The molecular weight excluding hydrogens is 254 g/mol. The molecule has 104 valence electrons. The maximum absolute atomic E-state index is 11.2. The minimum absolute atomic E-state index is 0.116. The quantitative estimate of drug-likeness (QED) is 0.664. The Morgan fingerprint density at radius 2 is 1.95 bits per heavy atom. The van der Waals surface area contributed by atoms with Crippen molar-refractivity contribution in [3.63, 3.8) is 0 Å². The monoisotopic (exact) mass is 271 g/mol. The molecule has 1 aromatic carbocycles. The second-order valence-electron chi connectivity index (χ2n) is 4.90. The SMILES string of the molecule is CC(C)c1ccc(NCc2ccncc2)c([N+](=O)[O-])c1. The second-order valence-corrected chi connectivity index (χ2v) is 4.90. The highest BCUT2D eigenvalue weighted by atomic mass is 16.6. The molecule has 0 aliphatic rings. The van der Waals surface area contributed by atoms with Crippen molar-refractivity contribution in [3.05, 3.63) is 64.0 Å². The molecule has 0 saturated heterocycles. The van der Waals surface area contributed by atoms with Gasteiger partial charge in [0.05, 0.1) is 4.92 Å². The van der Waals surface area contributed by atoms with Crippen LogP contribution < -0.4 is 5.32 Å². The number of nitrogens with one attached hydrogen (secondary N) is 1. The van der Waals surface area contributed by atoms with Crippen molar-refractivity contribution in [3.8, 4) is 0 Å². The number of nitro benzene ring substituents is 1. The summed E-state index contributed by atoms with van der Waals surface area (Å²) in [5.41, 5.74) is 2.65. The molecule has 5 nitrogen and oxygen atoms in total. The van der Waals surface area contributed by atoms with Gasteiger partial charge in [0, 0.05) is 25.0 Å². The number of pyridine rings is 1. The molecule has 0 radical (unpaired) electrons. The lowest BCUT2D eigenvalue weighted by molar-refractivity contribution is -0.384. The molecule has 5 heteroatoms. The zero-order valence-corrected chi connectivity index (χ0v) is 11.5. The summed E-state index contributed by atoms with van der Waals surface area (Å²) in [6.07, 6.45) is 3.40. The fourth-order valence-corrected chi connectivity index (χ4v) is 1.91. The lowest BCUT2D eigenvalue weighted by Gasteiger charge is -2.10. The highest BCUT2D eigenvalue weighted by Gasteiger charge is 2.15. The molecule has 0 spiro atoms. The maximum Gasteiger partial charge on any atom is 0.292 e. The summed E-state index contributed by atoms with van der Waals surface area (Å²) < 4.78 is 0. The van der Waals surface area contributed by atoms with Crippen molar-refractivity contribution in [1.82, 2.24) is 4.98 Å². The fourth-order valence-electron chi connectivity index (χ4n) is 1.91. The first-order chi connectivity index (χ1) is 9.58. The van der Waals surface area contributed by atoms with E-state index in [9.17, 15) is 10.1 Å². The Balaban J connectivity index is 2.21. The van der Waals surface area contributed by atoms with E-state index in [-0.39, 0.29) is 16.5 Å². The van der Waals surface area contributed by atoms with Crippen LogP contribution in [0.4, 0.5) is 11.4 Å². The van der Waals surface area contributed by atoms with Crippen LogP contribution in [0.1, 0.15) is 30.9 Å². The average Bonchev–Trinajstić information content (AvgIpc) is 2.45. The summed E-state index contributed by atoms with van der Waals surface area (Å²) in [5, 5.41) is 14.3. The van der Waals surface area contributed by atoms with Gasteiger partial charge in [0.15, 0.2) is 0 Å². The number of hydrogen-bond donors (Lipinski definition) is 1. The zero-order chi connectivity index (χ0) is 14.5. The Bertz CT molecular complexity index is 597. The van der Waals surface area contributed by atoms with Gasteiger partial charge in [-0.05, 0) is 35.2 Å². The lowest BCUT2D eigenvalue weighted by atomic mass is 10.0. The van der Waals surface area contributed by atoms with Gasteiger partial charge < -0.3 is 5.32 Å². The summed E-state index contributed by atoms with van der Waals surface area (Å²) in [4.78, 5) is 14.8. The van der Waals surface area contributed by atoms with E-state index in [0.29, 0.717) is 12.2 Å². The largest absolute Gasteiger partial charge is 0.375 e. The van der Waals surface area contributed by atoms with Gasteiger partial charge in [0.2, 0.25) is 0 Å². The average molecular weight is 271 g/mol. The molecule has 2 rings (SSSR count). The van der Waals surface area contributed by atoms with Crippen LogP contribution in [0.2, 0.25) is 0 Å². The molecule has 0 aliphatic heterocycles. The summed E-state index contributed by atoms with van der Waals surface area (Å²) in [6, 6.07) is 9.09. The predicted octanol–water partition coefficient (Wildman–Crippen LogP) is 3.73. The van der Waals surface area contributed by atoms with E-state index in [4.69, 9.17) is 0 Å². The Labute approximate surface area is 117 Å². The van der Waals surface area contributed by atoms with Gasteiger partial charge >= 0.3 is 0 Å². The van der Waals surface area contributed by atoms with E-state index in [1.165, 1.54) is 0 Å². The number of rotatable bonds is 5. The molecule has 1 aromatic heterocycles. The summed E-state index contributed by atoms with van der Waals surface area (Å²) in [7, 11) is 0. The molecule has 0 bridgehead atoms. The van der Waals surface area contributed by atoms with E-state index in [1.54, 1.807) is 24.5 Å². The third kappa shape index (κ3) is 3.32. The zero-order valence-electron chi connectivity index (χ0n) is 11.5. The highest BCUT2D eigenvalue weighted by molar-refractivity contribution is 5.63. The standard InChI is InChI=1S/C15H17N3O2/c1-11(2)13-3-4-14(15(9-13)18(19)20)17-10-12-5-7-16-8-6-12/h3-9,11,17H,10H2,1-2H3. The molecule has 2 aromatic rings. The first-order valence-electron chi connectivity index (χ1n) is 6.49. The van der Waals surface area contributed by atoms with Crippen LogP contribution in [-0.2, 0) is 6.54 Å². The second kappa shape index (κ2) is 6.14. The van der Waals surface area contributed by atoms with Crippen molar-refractivity contribution in [2.75, 3.05) is 5.32 Å². The van der Waals surface area contributed by atoms with Gasteiger partial charge in [-0.25, -0.2) is 0 Å². The van der Waals surface area contributed by atoms with Gasteiger partial charge in [-0.3, -0.25) is 15.1 Å². The van der Waals surface area contributed by atoms with Gasteiger partial charge in [-0.2, -0.15) is 0 Å². The van der Waals surface area contributed by atoms with Crippen molar-refractivity contribution in [2.45, 2.75) is 26.3 Å². The lowest BCUT2D eigenvalue weighted by Crippen LogP contribution is -2.03. The molecule has 1 heterocycles. The van der Waals surface area contributed by atoms with Crippen LogP contribution in [0.15, 0.2) is 42.7 Å². The minimum atomic E-state index is -0.346. The predicted molar refractivity (Wildman–Crippen MR) is 78.7 cm³/mol. The number of aromatic nitrogens is 1. The summed E-state index contributed by atoms with van der Waals surface area (Å²) in [5.74, 6) is 0.267. The molecule has 0 amide bonds. The van der Waals surface area contributed by atoms with Crippen LogP contribution in [0, 0.1) is 10.1 Å². The van der Waals surface area contributed by atoms with Crippen LogP contribution >= 0.6 is 0 Å². The van der Waals surface area contributed by atoms with E-state index in [0.717, 1.165) is 11.1 Å². The number of nitrogens with zero attached hydrogens (tertiary/aromatic N) is 2. The topological polar surface area (TPSA) is 68.1 Å². The fraction of sp³-hybridized carbons (Fsp3) is 0.267. The number of nitro groups is 1. The molecule has 20 heavy (non-hydrogen) atoms. The van der Waals surface area contributed by atoms with Crippen molar-refractivity contribution in [2.24, 2.45) is 0 Å². The van der Waals surface area contributed by atoms with Gasteiger partial charge in [0.1, 0.15) is 5.69 Å². The maximum atomic E-state index is 11.2. The molecular formula is C15H17N3O2. The van der Waals surface area contributed by atoms with E-state index in [2.05, 4.69) is 10.3 Å². The van der Waals surface area contributed by atoms with Crippen molar-refractivity contribution >= 4 is 11.4 Å². The molecule has 1 N–H and O–H groups in total. The summed E-state index contributed by atoms with van der Waals surface area (Å²) in [6.45, 7) is 4.57.